The molecule has 6 heteroatoms. The summed E-state index contributed by atoms with van der Waals surface area (Å²) in [5.41, 5.74) is -0.446. The van der Waals surface area contributed by atoms with Crippen LogP contribution in [0, 0.1) is 0 Å². The molecule has 0 aliphatic carbocycles. The van der Waals surface area contributed by atoms with Crippen LogP contribution in [0.4, 0.5) is 0 Å². The van der Waals surface area contributed by atoms with Gasteiger partial charge in [0.05, 0.1) is 0 Å². The highest BCUT2D eigenvalue weighted by Crippen LogP contribution is 2.07. The Balaban J connectivity index is 3.27. The van der Waals surface area contributed by atoms with Gasteiger partial charge >= 0.3 is 0 Å². The third kappa shape index (κ3) is 1.78. The average Bonchev–Trinajstić information content (AvgIpc) is 2.04. The van der Waals surface area contributed by atoms with Gasteiger partial charge in [-0.05, 0) is 23.2 Å². The van der Waals surface area contributed by atoms with Crippen molar-refractivity contribution in [3.63, 3.8) is 0 Å². The maximum Gasteiger partial charge on any atom is 0.273 e. The summed E-state index contributed by atoms with van der Waals surface area (Å²) < 4.78 is 0. The minimum atomic E-state index is -0.855. The molecule has 0 atom stereocenters. The first-order valence-electron chi connectivity index (χ1n) is 2.83. The lowest BCUT2D eigenvalue weighted by atomic mass is 10.3. The van der Waals surface area contributed by atoms with Crippen LogP contribution in [0.3, 0.4) is 0 Å². The van der Waals surface area contributed by atoms with Crippen molar-refractivity contribution in [2.24, 2.45) is 0 Å². The van der Waals surface area contributed by atoms with Gasteiger partial charge < -0.3 is 0 Å². The standard InChI is InChI=1S/C6H2Cl2N2O2/c7-5(11)3-4(6(8)12)10-2-1-9-3/h1-2H. The van der Waals surface area contributed by atoms with Gasteiger partial charge in [0.2, 0.25) is 0 Å². The minimum absolute atomic E-state index is 0.223. The maximum absolute atomic E-state index is 10.6. The van der Waals surface area contributed by atoms with Gasteiger partial charge in [-0.15, -0.1) is 0 Å². The SMILES string of the molecule is O=C(Cl)c1nccnc1C(=O)Cl. The zero-order valence-corrected chi connectivity index (χ0v) is 7.13. The molecule has 0 aromatic carbocycles. The molecule has 62 valence electrons. The zero-order chi connectivity index (χ0) is 9.14. The highest BCUT2D eigenvalue weighted by molar-refractivity contribution is 6.71. The fourth-order valence-electron chi connectivity index (χ4n) is 0.626. The van der Waals surface area contributed by atoms with Gasteiger partial charge in [-0.3, -0.25) is 9.59 Å². The summed E-state index contributed by atoms with van der Waals surface area (Å²) in [5.74, 6) is 0. The summed E-state index contributed by atoms with van der Waals surface area (Å²) in [6.07, 6.45) is 2.50. The summed E-state index contributed by atoms with van der Waals surface area (Å²) in [4.78, 5) is 28.3. The van der Waals surface area contributed by atoms with Gasteiger partial charge in [-0.25, -0.2) is 9.97 Å². The molecule has 0 bridgehead atoms. The van der Waals surface area contributed by atoms with Crippen LogP contribution in [-0.4, -0.2) is 20.5 Å². The molecule has 0 unspecified atom stereocenters. The summed E-state index contributed by atoms with van der Waals surface area (Å²) >= 11 is 10.2. The molecule has 0 aliphatic heterocycles. The lowest BCUT2D eigenvalue weighted by Crippen LogP contribution is -2.06. The molecule has 1 aromatic rings. The molecule has 1 rings (SSSR count). The van der Waals surface area contributed by atoms with E-state index < -0.39 is 10.5 Å². The molecular formula is C6H2Cl2N2O2. The van der Waals surface area contributed by atoms with Crippen molar-refractivity contribution >= 4 is 33.7 Å². The predicted octanol–water partition coefficient (Wildman–Crippen LogP) is 1.23. The van der Waals surface area contributed by atoms with Gasteiger partial charge in [-0.2, -0.15) is 0 Å². The summed E-state index contributed by atoms with van der Waals surface area (Å²) in [7, 11) is 0. The van der Waals surface area contributed by atoms with E-state index in [-0.39, 0.29) is 11.4 Å². The molecule has 0 saturated heterocycles. The Morgan fingerprint density at radius 2 is 1.33 bits per heavy atom. The molecule has 0 saturated carbocycles. The van der Waals surface area contributed by atoms with Crippen LogP contribution in [0.2, 0.25) is 0 Å². The van der Waals surface area contributed by atoms with Crippen molar-refractivity contribution in [2.45, 2.75) is 0 Å². The quantitative estimate of drug-likeness (QED) is 0.681. The van der Waals surface area contributed by atoms with Crippen LogP contribution < -0.4 is 0 Å². The van der Waals surface area contributed by atoms with Crippen molar-refractivity contribution in [3.8, 4) is 0 Å². The highest BCUT2D eigenvalue weighted by atomic mass is 35.5. The second kappa shape index (κ2) is 3.60. The molecule has 0 fully saturated rings. The van der Waals surface area contributed by atoms with E-state index in [0.29, 0.717) is 0 Å². The number of carbonyl (C=O) groups is 2. The highest BCUT2D eigenvalue weighted by Gasteiger charge is 2.16. The Labute approximate surface area is 77.5 Å². The van der Waals surface area contributed by atoms with Gasteiger partial charge in [0.15, 0.2) is 11.4 Å². The van der Waals surface area contributed by atoms with Crippen LogP contribution in [0.25, 0.3) is 0 Å². The Hall–Kier alpha value is -1.00. The number of hydrogen-bond acceptors (Lipinski definition) is 4. The molecule has 0 aliphatic rings. The zero-order valence-electron chi connectivity index (χ0n) is 5.62. The van der Waals surface area contributed by atoms with E-state index in [0.717, 1.165) is 0 Å². The number of rotatable bonds is 2. The molecule has 1 aromatic heterocycles. The van der Waals surface area contributed by atoms with Crippen molar-refractivity contribution in [1.29, 1.82) is 0 Å². The number of carbonyl (C=O) groups excluding carboxylic acids is 2. The Morgan fingerprint density at radius 3 is 1.58 bits per heavy atom. The largest absolute Gasteiger partial charge is 0.274 e. The maximum atomic E-state index is 10.6. The number of hydrogen-bond donors (Lipinski definition) is 0. The second-order valence-corrected chi connectivity index (χ2v) is 2.49. The van der Waals surface area contributed by atoms with E-state index >= 15 is 0 Å². The predicted molar refractivity (Wildman–Crippen MR) is 42.4 cm³/mol. The Morgan fingerprint density at radius 1 is 1.00 bits per heavy atom. The third-order valence-electron chi connectivity index (χ3n) is 1.07. The van der Waals surface area contributed by atoms with Crippen LogP contribution in [-0.2, 0) is 0 Å². The monoisotopic (exact) mass is 204 g/mol. The van der Waals surface area contributed by atoms with Gasteiger partial charge in [0.1, 0.15) is 0 Å². The lowest BCUT2D eigenvalue weighted by molar-refractivity contribution is 0.104. The van der Waals surface area contributed by atoms with Crippen LogP contribution in [0.5, 0.6) is 0 Å². The van der Waals surface area contributed by atoms with E-state index in [2.05, 4.69) is 9.97 Å². The first-order valence-corrected chi connectivity index (χ1v) is 3.59. The normalized spacial score (nSPS) is 9.50. The molecule has 12 heavy (non-hydrogen) atoms. The first-order chi connectivity index (χ1) is 5.63. The van der Waals surface area contributed by atoms with E-state index in [4.69, 9.17) is 23.2 Å². The molecule has 0 spiro atoms. The van der Waals surface area contributed by atoms with Crippen molar-refractivity contribution in [2.75, 3.05) is 0 Å². The molecule has 0 radical (unpaired) electrons. The van der Waals surface area contributed by atoms with Crippen LogP contribution in [0.15, 0.2) is 12.4 Å². The fraction of sp³-hybridized carbons (Fsp3) is 0. The van der Waals surface area contributed by atoms with E-state index in [9.17, 15) is 9.59 Å². The summed E-state index contributed by atoms with van der Waals surface area (Å²) in [5, 5.41) is -1.71. The van der Waals surface area contributed by atoms with Gasteiger partial charge in [-0.1, -0.05) is 0 Å². The summed E-state index contributed by atoms with van der Waals surface area (Å²) in [6.45, 7) is 0. The number of nitrogens with zero attached hydrogens (tertiary/aromatic N) is 2. The van der Waals surface area contributed by atoms with Gasteiger partial charge in [0.25, 0.3) is 10.5 Å². The molecular weight excluding hydrogens is 203 g/mol. The van der Waals surface area contributed by atoms with Crippen LogP contribution in [0.1, 0.15) is 21.0 Å². The molecule has 4 nitrogen and oxygen atoms in total. The molecule has 0 N–H and O–H groups in total. The van der Waals surface area contributed by atoms with E-state index in [1.54, 1.807) is 0 Å². The minimum Gasteiger partial charge on any atom is -0.274 e. The second-order valence-electron chi connectivity index (χ2n) is 1.80. The molecule has 0 amide bonds. The Kier molecular flexibility index (Phi) is 2.73. The fourth-order valence-corrected chi connectivity index (χ4v) is 0.902. The average molecular weight is 205 g/mol. The third-order valence-corrected chi connectivity index (χ3v) is 1.43. The van der Waals surface area contributed by atoms with Gasteiger partial charge in [0, 0.05) is 12.4 Å². The van der Waals surface area contributed by atoms with Crippen molar-refractivity contribution in [1.82, 2.24) is 9.97 Å². The summed E-state index contributed by atoms with van der Waals surface area (Å²) in [6, 6.07) is 0. The number of aromatic nitrogens is 2. The smallest absolute Gasteiger partial charge is 0.273 e. The Bertz CT molecular complexity index is 307. The number of halogens is 2. The first kappa shape index (κ1) is 9.09. The van der Waals surface area contributed by atoms with Crippen molar-refractivity contribution < 1.29 is 9.59 Å². The van der Waals surface area contributed by atoms with Crippen LogP contribution >= 0.6 is 23.2 Å². The van der Waals surface area contributed by atoms with E-state index in [1.807, 2.05) is 0 Å². The van der Waals surface area contributed by atoms with Crippen molar-refractivity contribution in [3.05, 3.63) is 23.8 Å². The topological polar surface area (TPSA) is 59.9 Å². The van der Waals surface area contributed by atoms with E-state index in [1.165, 1.54) is 12.4 Å². The molecule has 1 heterocycles. The lowest BCUT2D eigenvalue weighted by Gasteiger charge is -1.95.